The van der Waals surface area contributed by atoms with Crippen LogP contribution in [0.1, 0.15) is 50.5 Å². The molecule has 4 rings (SSSR count). The summed E-state index contributed by atoms with van der Waals surface area (Å²) < 4.78 is 11.4. The molecule has 1 amide bonds. The fourth-order valence-corrected chi connectivity index (χ4v) is 4.78. The molecule has 0 spiro atoms. The molecule has 1 aromatic rings. The fourth-order valence-electron chi connectivity index (χ4n) is 4.78. The third kappa shape index (κ3) is 3.63. The van der Waals surface area contributed by atoms with E-state index in [0.29, 0.717) is 30.3 Å². The summed E-state index contributed by atoms with van der Waals surface area (Å²) in [5.74, 6) is 3.10. The summed E-state index contributed by atoms with van der Waals surface area (Å²) in [5, 5.41) is 0. The largest absolute Gasteiger partial charge is 0.465 e. The van der Waals surface area contributed by atoms with Gasteiger partial charge in [-0.2, -0.15) is 0 Å². The van der Waals surface area contributed by atoms with Gasteiger partial charge in [0.25, 0.3) is 0 Å². The van der Waals surface area contributed by atoms with Gasteiger partial charge in [-0.15, -0.1) is 0 Å². The predicted molar refractivity (Wildman–Crippen MR) is 95.2 cm³/mol. The van der Waals surface area contributed by atoms with E-state index in [0.717, 1.165) is 76.5 Å². The first-order chi connectivity index (χ1) is 12.2. The fraction of sp³-hybridized carbons (Fsp3) is 0.750. The zero-order valence-electron chi connectivity index (χ0n) is 15.3. The highest BCUT2D eigenvalue weighted by Gasteiger charge is 2.43. The molecule has 3 aliphatic rings. The number of likely N-dealkylation sites (tertiary alicyclic amines) is 2. The quantitative estimate of drug-likeness (QED) is 0.822. The van der Waals surface area contributed by atoms with Crippen molar-refractivity contribution in [2.75, 3.05) is 26.3 Å². The van der Waals surface area contributed by atoms with E-state index in [9.17, 15) is 4.79 Å². The van der Waals surface area contributed by atoms with Gasteiger partial charge in [0.15, 0.2) is 0 Å². The van der Waals surface area contributed by atoms with Gasteiger partial charge in [-0.3, -0.25) is 9.69 Å². The van der Waals surface area contributed by atoms with Gasteiger partial charge < -0.3 is 14.1 Å². The third-order valence-electron chi connectivity index (χ3n) is 6.22. The summed E-state index contributed by atoms with van der Waals surface area (Å²) in [6.07, 6.45) is 5.92. The van der Waals surface area contributed by atoms with Crippen molar-refractivity contribution in [2.45, 2.75) is 64.1 Å². The molecule has 1 aromatic heterocycles. The molecule has 0 aliphatic carbocycles. The number of fused-ring (bicyclic) bond motifs is 1. The molecule has 0 bridgehead atoms. The summed E-state index contributed by atoms with van der Waals surface area (Å²) in [4.78, 5) is 17.3. The second-order valence-corrected chi connectivity index (χ2v) is 7.76. The Bertz CT molecular complexity index is 594. The third-order valence-corrected chi connectivity index (χ3v) is 6.22. The van der Waals surface area contributed by atoms with Gasteiger partial charge in [0.1, 0.15) is 11.5 Å². The van der Waals surface area contributed by atoms with Crippen LogP contribution in [-0.4, -0.2) is 54.1 Å². The Balaban J connectivity index is 1.41. The van der Waals surface area contributed by atoms with Gasteiger partial charge in [0.05, 0.1) is 6.54 Å². The Morgan fingerprint density at radius 2 is 1.88 bits per heavy atom. The molecule has 4 heterocycles. The molecule has 25 heavy (non-hydrogen) atoms. The highest BCUT2D eigenvalue weighted by Crippen LogP contribution is 2.34. The van der Waals surface area contributed by atoms with Crippen LogP contribution in [0.25, 0.3) is 0 Å². The zero-order valence-corrected chi connectivity index (χ0v) is 15.3. The summed E-state index contributed by atoms with van der Waals surface area (Å²) >= 11 is 0. The van der Waals surface area contributed by atoms with Gasteiger partial charge in [0, 0.05) is 51.2 Å². The number of nitrogens with zero attached hydrogens (tertiary/aromatic N) is 2. The van der Waals surface area contributed by atoms with Crippen LogP contribution in [0.2, 0.25) is 0 Å². The number of hydrogen-bond acceptors (Lipinski definition) is 4. The van der Waals surface area contributed by atoms with E-state index >= 15 is 0 Å². The van der Waals surface area contributed by atoms with Crippen LogP contribution >= 0.6 is 0 Å². The van der Waals surface area contributed by atoms with Crippen molar-refractivity contribution >= 4 is 5.91 Å². The summed E-state index contributed by atoms with van der Waals surface area (Å²) in [6, 6.07) is 5.09. The smallest absolute Gasteiger partial charge is 0.222 e. The first kappa shape index (κ1) is 17.1. The number of ether oxygens (including phenoxy) is 1. The lowest BCUT2D eigenvalue weighted by atomic mass is 9.92. The maximum Gasteiger partial charge on any atom is 0.222 e. The predicted octanol–water partition coefficient (Wildman–Crippen LogP) is 2.83. The van der Waals surface area contributed by atoms with E-state index < -0.39 is 0 Å². The monoisotopic (exact) mass is 346 g/mol. The first-order valence-electron chi connectivity index (χ1n) is 9.93. The average Bonchev–Trinajstić information content (AvgIpc) is 3.26. The maximum absolute atomic E-state index is 12.6. The van der Waals surface area contributed by atoms with Gasteiger partial charge >= 0.3 is 0 Å². The average molecular weight is 346 g/mol. The molecule has 0 N–H and O–H groups in total. The Morgan fingerprint density at radius 3 is 2.64 bits per heavy atom. The molecule has 0 aromatic carbocycles. The van der Waals surface area contributed by atoms with E-state index in [4.69, 9.17) is 9.15 Å². The molecule has 0 radical (unpaired) electrons. The highest BCUT2D eigenvalue weighted by molar-refractivity contribution is 5.77. The standard InChI is InChI=1S/C20H30N2O3/c1-2-16-3-4-17(25-16)14-21-10-7-19-18(21)5-6-20(23)22(19)13-15-8-11-24-12-9-15/h3-4,15,18-19H,2,5-14H2,1H3/t18-,19-/m1/s1. The molecule has 0 saturated carbocycles. The lowest BCUT2D eigenvalue weighted by Gasteiger charge is -2.41. The number of carbonyl (C=O) groups is 1. The number of aryl methyl sites for hydroxylation is 1. The van der Waals surface area contributed by atoms with E-state index in [-0.39, 0.29) is 0 Å². The lowest BCUT2D eigenvalue weighted by Crippen LogP contribution is -2.53. The van der Waals surface area contributed by atoms with Crippen LogP contribution in [0.3, 0.4) is 0 Å². The molecule has 5 nitrogen and oxygen atoms in total. The number of hydrogen-bond donors (Lipinski definition) is 0. The number of piperidine rings is 1. The first-order valence-corrected chi connectivity index (χ1v) is 9.93. The number of amides is 1. The zero-order chi connectivity index (χ0) is 17.2. The second kappa shape index (κ2) is 7.50. The Morgan fingerprint density at radius 1 is 1.08 bits per heavy atom. The summed E-state index contributed by atoms with van der Waals surface area (Å²) in [6.45, 7) is 6.69. The van der Waals surface area contributed by atoms with Crippen LogP contribution in [0.5, 0.6) is 0 Å². The van der Waals surface area contributed by atoms with E-state index in [2.05, 4.69) is 28.9 Å². The van der Waals surface area contributed by atoms with Crippen LogP contribution in [-0.2, 0) is 22.5 Å². The molecule has 3 saturated heterocycles. The van der Waals surface area contributed by atoms with Gasteiger partial charge in [-0.1, -0.05) is 6.92 Å². The summed E-state index contributed by atoms with van der Waals surface area (Å²) in [5.41, 5.74) is 0. The van der Waals surface area contributed by atoms with E-state index in [1.165, 1.54) is 0 Å². The number of furan rings is 1. The van der Waals surface area contributed by atoms with Crippen molar-refractivity contribution in [3.8, 4) is 0 Å². The van der Waals surface area contributed by atoms with Crippen molar-refractivity contribution < 1.29 is 13.9 Å². The molecule has 3 fully saturated rings. The van der Waals surface area contributed by atoms with Crippen molar-refractivity contribution in [2.24, 2.45) is 5.92 Å². The van der Waals surface area contributed by atoms with Crippen LogP contribution < -0.4 is 0 Å². The molecule has 138 valence electrons. The van der Waals surface area contributed by atoms with Crippen molar-refractivity contribution in [1.29, 1.82) is 0 Å². The minimum absolute atomic E-state index is 0.362. The van der Waals surface area contributed by atoms with Crippen molar-refractivity contribution in [1.82, 2.24) is 9.80 Å². The van der Waals surface area contributed by atoms with Crippen molar-refractivity contribution in [3.63, 3.8) is 0 Å². The Hall–Kier alpha value is -1.33. The van der Waals surface area contributed by atoms with Gasteiger partial charge in [-0.25, -0.2) is 0 Å². The molecule has 5 heteroatoms. The van der Waals surface area contributed by atoms with Gasteiger partial charge in [-0.05, 0) is 43.7 Å². The minimum Gasteiger partial charge on any atom is -0.465 e. The second-order valence-electron chi connectivity index (χ2n) is 7.76. The topological polar surface area (TPSA) is 45.9 Å². The van der Waals surface area contributed by atoms with Crippen LogP contribution in [0, 0.1) is 5.92 Å². The Labute approximate surface area is 150 Å². The molecule has 2 atom stereocenters. The van der Waals surface area contributed by atoms with E-state index in [1.807, 2.05) is 0 Å². The molecular formula is C20H30N2O3. The Kier molecular flexibility index (Phi) is 5.13. The number of carbonyl (C=O) groups excluding carboxylic acids is 1. The van der Waals surface area contributed by atoms with Crippen molar-refractivity contribution in [3.05, 3.63) is 23.7 Å². The molecule has 0 unspecified atom stereocenters. The van der Waals surface area contributed by atoms with E-state index in [1.54, 1.807) is 0 Å². The normalized spacial score (nSPS) is 28.5. The maximum atomic E-state index is 12.6. The SMILES string of the molecule is CCc1ccc(CN2CC[C@@H]3[C@H]2CCC(=O)N3CC2CCOCC2)o1. The summed E-state index contributed by atoms with van der Waals surface area (Å²) in [7, 11) is 0. The molecular weight excluding hydrogens is 316 g/mol. The van der Waals surface area contributed by atoms with Crippen LogP contribution in [0.4, 0.5) is 0 Å². The minimum atomic E-state index is 0.362. The van der Waals surface area contributed by atoms with Gasteiger partial charge in [0.2, 0.25) is 5.91 Å². The van der Waals surface area contributed by atoms with Crippen LogP contribution in [0.15, 0.2) is 16.5 Å². The number of rotatable bonds is 5. The highest BCUT2D eigenvalue weighted by atomic mass is 16.5. The molecule has 3 aliphatic heterocycles. The lowest BCUT2D eigenvalue weighted by molar-refractivity contribution is -0.139.